The minimum Gasteiger partial charge on any atom is -0.577 e. The maximum absolute atomic E-state index is 10.4. The van der Waals surface area contributed by atoms with E-state index in [2.05, 4.69) is 20.8 Å². The average Bonchev–Trinajstić information content (AvgIpc) is 2.83. The molecule has 3 rings (SSSR count). The van der Waals surface area contributed by atoms with Gasteiger partial charge in [0.25, 0.3) is 0 Å². The Morgan fingerprint density at radius 1 is 1.62 bits per heavy atom. The molecular formula is C12H19N6O2Re-. The average molecular weight is 466 g/mol. The summed E-state index contributed by atoms with van der Waals surface area (Å²) < 4.78 is 5.42. The van der Waals surface area contributed by atoms with Gasteiger partial charge in [-0.15, -0.1) is 0 Å². The summed E-state index contributed by atoms with van der Waals surface area (Å²) in [7, 11) is 1.65. The van der Waals surface area contributed by atoms with Crippen molar-refractivity contribution in [3.63, 3.8) is 0 Å². The van der Waals surface area contributed by atoms with Crippen LogP contribution in [-0.4, -0.2) is 60.3 Å². The zero-order chi connectivity index (χ0) is 14.3. The molecule has 0 amide bonds. The molecule has 0 aromatic carbocycles. The molecule has 0 aromatic heterocycles. The van der Waals surface area contributed by atoms with Gasteiger partial charge in [-0.05, 0) is 6.92 Å². The molecule has 1 radical (unpaired) electrons. The molecule has 1 saturated heterocycles. The second kappa shape index (κ2) is 5.93. The van der Waals surface area contributed by atoms with E-state index in [4.69, 9.17) is 10.5 Å². The van der Waals surface area contributed by atoms with Crippen molar-refractivity contribution in [1.29, 1.82) is 0 Å². The van der Waals surface area contributed by atoms with Gasteiger partial charge in [0, 0.05) is 65.0 Å². The Kier molecular flexibility index (Phi) is 4.58. The summed E-state index contributed by atoms with van der Waals surface area (Å²) in [5, 5.41) is 17.4. The van der Waals surface area contributed by atoms with Crippen LogP contribution >= 0.6 is 0 Å². The van der Waals surface area contributed by atoms with Crippen molar-refractivity contribution in [3.8, 4) is 0 Å². The van der Waals surface area contributed by atoms with Crippen LogP contribution < -0.4 is 11.1 Å². The summed E-state index contributed by atoms with van der Waals surface area (Å²) in [5.74, 6) is 1.11. The molecule has 0 spiro atoms. The van der Waals surface area contributed by atoms with Crippen LogP contribution in [0.1, 0.15) is 13.3 Å². The fraction of sp³-hybridized carbons (Fsp3) is 0.667. The number of nitrogens with one attached hydrogen (secondary N) is 1. The van der Waals surface area contributed by atoms with Crippen molar-refractivity contribution in [2.45, 2.75) is 31.2 Å². The number of hydrogen-bond acceptors (Lipinski definition) is 7. The number of hydrogen-bond donors (Lipinski definition) is 3. The van der Waals surface area contributed by atoms with E-state index in [1.165, 1.54) is 0 Å². The first kappa shape index (κ1) is 16.2. The van der Waals surface area contributed by atoms with Gasteiger partial charge in [0.15, 0.2) is 5.96 Å². The fourth-order valence-corrected chi connectivity index (χ4v) is 2.85. The van der Waals surface area contributed by atoms with Crippen LogP contribution in [-0.2, 0) is 25.2 Å². The van der Waals surface area contributed by atoms with Gasteiger partial charge in [-0.3, -0.25) is 4.99 Å². The van der Waals surface area contributed by atoms with E-state index in [1.54, 1.807) is 20.2 Å². The molecule has 3 atom stereocenters. The molecule has 8 nitrogen and oxygen atoms in total. The van der Waals surface area contributed by atoms with Gasteiger partial charge in [-0.1, -0.05) is 0 Å². The van der Waals surface area contributed by atoms with E-state index in [0.717, 1.165) is 11.4 Å². The molecular weight excluding hydrogens is 446 g/mol. The van der Waals surface area contributed by atoms with Crippen LogP contribution in [0.3, 0.4) is 0 Å². The standard InChI is InChI=1S/C12H19N6O2.Re/c1-12(19)3-7(20-2)5-18(6-12)10-8-4-14-17-9(8)15-11(13)16-10;/h4,7,9,19H,3,5-6H2,1-2H3,(H3,13,15,16);/q-1;/t7?,9?,12-;/m0./s1. The van der Waals surface area contributed by atoms with E-state index >= 15 is 0 Å². The number of likely N-dealkylation sites (tertiary alicyclic amines) is 1. The first-order valence-corrected chi connectivity index (χ1v) is 6.56. The zero-order valence-electron chi connectivity index (χ0n) is 12.0. The van der Waals surface area contributed by atoms with Crippen LogP contribution in [0.25, 0.3) is 5.43 Å². The number of β-amino-alcohol motifs (C(OH)–C–C–N with tert-alkyl or cyclic N) is 1. The number of aliphatic hydroxyl groups is 1. The van der Waals surface area contributed by atoms with E-state index in [9.17, 15) is 5.11 Å². The number of rotatable bonds is 2. The number of ether oxygens (including phenoxy) is 1. The topological polar surface area (TPSA) is 110 Å². The maximum atomic E-state index is 10.4. The maximum Gasteiger partial charge on any atom is 0.193 e. The van der Waals surface area contributed by atoms with Crippen molar-refractivity contribution >= 4 is 12.2 Å². The predicted octanol–water partition coefficient (Wildman–Crippen LogP) is -0.716. The second-order valence-electron chi connectivity index (χ2n) is 5.62. The molecule has 1 fully saturated rings. The van der Waals surface area contributed by atoms with Crippen molar-refractivity contribution < 1.29 is 30.3 Å². The molecule has 0 aliphatic carbocycles. The summed E-state index contributed by atoms with van der Waals surface area (Å²) in [6, 6.07) is 0. The van der Waals surface area contributed by atoms with Crippen LogP contribution in [0.2, 0.25) is 0 Å². The first-order valence-electron chi connectivity index (χ1n) is 6.56. The smallest absolute Gasteiger partial charge is 0.193 e. The summed E-state index contributed by atoms with van der Waals surface area (Å²) in [6.45, 7) is 2.97. The molecule has 2 unspecified atom stereocenters. The van der Waals surface area contributed by atoms with Gasteiger partial charge >= 0.3 is 0 Å². The van der Waals surface area contributed by atoms with Crippen molar-refractivity contribution in [2.75, 3.05) is 20.2 Å². The molecule has 0 bridgehead atoms. The predicted molar refractivity (Wildman–Crippen MR) is 75.0 cm³/mol. The zero-order valence-corrected chi connectivity index (χ0v) is 14.7. The van der Waals surface area contributed by atoms with Crippen molar-refractivity contribution in [2.24, 2.45) is 15.8 Å². The molecule has 3 aliphatic heterocycles. The molecule has 117 valence electrons. The number of guanidine groups is 1. The van der Waals surface area contributed by atoms with Gasteiger partial charge in [-0.2, -0.15) is 0 Å². The third kappa shape index (κ3) is 3.21. The van der Waals surface area contributed by atoms with Gasteiger partial charge in [-0.25, -0.2) is 0 Å². The third-order valence-corrected chi connectivity index (χ3v) is 3.70. The van der Waals surface area contributed by atoms with E-state index < -0.39 is 5.60 Å². The molecule has 3 heterocycles. The monoisotopic (exact) mass is 466 g/mol. The Morgan fingerprint density at radius 2 is 2.38 bits per heavy atom. The van der Waals surface area contributed by atoms with Crippen LogP contribution in [0, 0.1) is 0 Å². The molecule has 4 N–H and O–H groups in total. The van der Waals surface area contributed by atoms with Gasteiger partial charge in [0.05, 0.1) is 11.7 Å². The Bertz CT molecular complexity index is 504. The van der Waals surface area contributed by atoms with Crippen LogP contribution in [0.15, 0.2) is 21.5 Å². The Labute approximate surface area is 137 Å². The molecule has 3 aliphatic rings. The molecule has 0 aromatic rings. The Hall–Kier alpha value is -1.14. The largest absolute Gasteiger partial charge is 0.577 e. The number of nitrogens with two attached hydrogens (primary N) is 1. The van der Waals surface area contributed by atoms with Crippen LogP contribution in [0.5, 0.6) is 0 Å². The summed E-state index contributed by atoms with van der Waals surface area (Å²) >= 11 is 0. The summed E-state index contributed by atoms with van der Waals surface area (Å²) in [6.07, 6.45) is 1.86. The fourth-order valence-electron chi connectivity index (χ4n) is 2.85. The minimum atomic E-state index is -0.820. The number of piperidine rings is 1. The number of nitrogens with zero attached hydrogens (tertiary/aromatic N) is 4. The number of methoxy groups -OCH3 is 1. The SMILES string of the molecule is COC1CN(C2=C3C=N[N-]C3N=C(N)N2)C[C@@](C)(O)C1.[Re]. The van der Waals surface area contributed by atoms with Crippen molar-refractivity contribution in [1.82, 2.24) is 10.2 Å². The van der Waals surface area contributed by atoms with E-state index in [0.29, 0.717) is 25.5 Å². The third-order valence-electron chi connectivity index (χ3n) is 3.70. The second-order valence-corrected chi connectivity index (χ2v) is 5.62. The minimum absolute atomic E-state index is 0. The van der Waals surface area contributed by atoms with Gasteiger partial charge in [0.2, 0.25) is 0 Å². The Morgan fingerprint density at radius 3 is 3.10 bits per heavy atom. The van der Waals surface area contributed by atoms with Gasteiger partial charge < -0.3 is 36.3 Å². The van der Waals surface area contributed by atoms with E-state index in [1.807, 2.05) is 4.90 Å². The van der Waals surface area contributed by atoms with Crippen molar-refractivity contribution in [3.05, 3.63) is 16.8 Å². The quantitative estimate of drug-likeness (QED) is 0.499. The number of aliphatic imine (C=N–C) groups is 1. The number of fused-ring (bicyclic) bond motifs is 1. The first-order chi connectivity index (χ1) is 9.48. The normalized spacial score (nSPS) is 34.6. The van der Waals surface area contributed by atoms with Crippen LogP contribution in [0.4, 0.5) is 0 Å². The molecule has 9 heteroatoms. The Balaban J connectivity index is 0.00000161. The summed E-state index contributed by atoms with van der Waals surface area (Å²) in [4.78, 5) is 6.20. The summed E-state index contributed by atoms with van der Waals surface area (Å²) in [5.41, 5.74) is 9.85. The van der Waals surface area contributed by atoms with E-state index in [-0.39, 0.29) is 32.7 Å². The van der Waals surface area contributed by atoms with Gasteiger partial charge in [0.1, 0.15) is 5.82 Å². The molecule has 0 saturated carbocycles. The molecule has 21 heavy (non-hydrogen) atoms.